The number of carbonyl (C=O) groups is 1. The molecule has 1 aliphatic rings. The molecule has 1 amide bonds. The maximum atomic E-state index is 12.6. The average molecular weight is 445 g/mol. The number of thioether (sulfide) groups is 1. The van der Waals surface area contributed by atoms with Gasteiger partial charge in [0.2, 0.25) is 5.91 Å². The normalized spacial score (nSPS) is 17.4. The molecule has 2 aromatic carbocycles. The van der Waals surface area contributed by atoms with Crippen molar-refractivity contribution in [2.45, 2.75) is 30.1 Å². The monoisotopic (exact) mass is 444 g/mol. The molecule has 1 saturated heterocycles. The van der Waals surface area contributed by atoms with E-state index in [1.165, 1.54) is 4.90 Å². The summed E-state index contributed by atoms with van der Waals surface area (Å²) in [6, 6.07) is 16.0. The molecule has 1 aromatic heterocycles. The van der Waals surface area contributed by atoms with Crippen LogP contribution in [-0.2, 0) is 4.79 Å². The fraction of sp³-hybridized carbons (Fsp3) is 0.333. The van der Waals surface area contributed by atoms with Crippen molar-refractivity contribution >= 4 is 44.7 Å². The lowest BCUT2D eigenvalue weighted by atomic mass is 9.98. The van der Waals surface area contributed by atoms with Gasteiger partial charge in [-0.25, -0.2) is 4.98 Å². The molecule has 1 aliphatic heterocycles. The fourth-order valence-electron chi connectivity index (χ4n) is 3.42. The number of para-hydroxylation sites is 2. The van der Waals surface area contributed by atoms with Crippen LogP contribution < -0.4 is 0 Å². The Bertz CT molecular complexity index is 892. The van der Waals surface area contributed by atoms with Crippen molar-refractivity contribution in [1.29, 1.82) is 0 Å². The van der Waals surface area contributed by atoms with Crippen LogP contribution >= 0.6 is 27.7 Å². The van der Waals surface area contributed by atoms with Gasteiger partial charge in [0, 0.05) is 34.6 Å². The van der Waals surface area contributed by atoms with E-state index in [1.807, 2.05) is 41.3 Å². The molecule has 3 aromatic rings. The third-order valence-corrected chi connectivity index (χ3v) is 6.37. The highest BCUT2D eigenvalue weighted by Gasteiger charge is 2.27. The molecule has 4 rings (SSSR count). The molecule has 6 heteroatoms. The molecule has 0 spiro atoms. The lowest BCUT2D eigenvalue weighted by Gasteiger charge is -2.31. The van der Waals surface area contributed by atoms with Gasteiger partial charge in [-0.3, -0.25) is 4.79 Å². The van der Waals surface area contributed by atoms with Gasteiger partial charge in [0.15, 0.2) is 11.5 Å². The quantitative estimate of drug-likeness (QED) is 0.488. The second-order valence-electron chi connectivity index (χ2n) is 6.75. The predicted molar refractivity (Wildman–Crippen MR) is 112 cm³/mol. The molecule has 0 radical (unpaired) electrons. The summed E-state index contributed by atoms with van der Waals surface area (Å²) in [4.78, 5) is 20.4. The van der Waals surface area contributed by atoms with Crippen molar-refractivity contribution in [3.05, 3.63) is 58.9 Å². The van der Waals surface area contributed by atoms with Crippen LogP contribution in [0.15, 0.2) is 62.3 Å². The summed E-state index contributed by atoms with van der Waals surface area (Å²) in [6.45, 7) is 1.53. The summed E-state index contributed by atoms with van der Waals surface area (Å²) in [5, 5.41) is 0. The summed E-state index contributed by atoms with van der Waals surface area (Å²) in [5.41, 5.74) is 1.71. The van der Waals surface area contributed by atoms with Crippen LogP contribution in [0.1, 0.15) is 31.1 Å². The number of nitrogens with zero attached hydrogens (tertiary/aromatic N) is 2. The number of hydrogen-bond donors (Lipinski definition) is 0. The molecule has 0 N–H and O–H groups in total. The Kier molecular flexibility index (Phi) is 5.83. The highest BCUT2D eigenvalue weighted by molar-refractivity contribution is 9.10. The fourth-order valence-corrected chi connectivity index (χ4v) is 4.52. The van der Waals surface area contributed by atoms with Crippen LogP contribution in [0.5, 0.6) is 0 Å². The van der Waals surface area contributed by atoms with Gasteiger partial charge in [-0.05, 0) is 49.2 Å². The third-order valence-electron chi connectivity index (χ3n) is 4.83. The topological polar surface area (TPSA) is 46.3 Å². The van der Waals surface area contributed by atoms with Gasteiger partial charge >= 0.3 is 0 Å². The van der Waals surface area contributed by atoms with Crippen LogP contribution in [-0.4, -0.2) is 34.6 Å². The highest BCUT2D eigenvalue weighted by atomic mass is 79.9. The Morgan fingerprint density at radius 2 is 2.04 bits per heavy atom. The Balaban J connectivity index is 1.33. The van der Waals surface area contributed by atoms with Gasteiger partial charge in [0.05, 0.1) is 5.92 Å². The number of piperidine rings is 1. The van der Waals surface area contributed by atoms with E-state index in [2.05, 4.69) is 33.0 Å². The first kappa shape index (κ1) is 18.6. The molecule has 1 fully saturated rings. The van der Waals surface area contributed by atoms with E-state index < -0.39 is 0 Å². The molecule has 0 bridgehead atoms. The number of fused-ring (bicyclic) bond motifs is 1. The van der Waals surface area contributed by atoms with Crippen molar-refractivity contribution in [1.82, 2.24) is 9.88 Å². The SMILES string of the molecule is O=C(CCSc1ccc(Br)cc1)N1CCCC(c2nc3ccccc3o2)C1. The van der Waals surface area contributed by atoms with Gasteiger partial charge in [-0.2, -0.15) is 0 Å². The molecule has 1 atom stereocenters. The molecule has 0 saturated carbocycles. The van der Waals surface area contributed by atoms with Crippen LogP contribution in [0.2, 0.25) is 0 Å². The van der Waals surface area contributed by atoms with Crippen molar-refractivity contribution in [2.24, 2.45) is 0 Å². The standard InChI is InChI=1S/C21H21BrN2O2S/c22-16-7-9-17(10-8-16)27-13-11-20(25)24-12-3-4-15(14-24)21-23-18-5-1-2-6-19(18)26-21/h1-2,5-10,15H,3-4,11-14H2. The van der Waals surface area contributed by atoms with E-state index in [-0.39, 0.29) is 11.8 Å². The maximum Gasteiger partial charge on any atom is 0.223 e. The maximum absolute atomic E-state index is 12.6. The minimum atomic E-state index is 0.189. The van der Waals surface area contributed by atoms with Gasteiger partial charge in [0.25, 0.3) is 0 Å². The Morgan fingerprint density at radius 3 is 2.85 bits per heavy atom. The number of halogens is 1. The Morgan fingerprint density at radius 1 is 1.22 bits per heavy atom. The third kappa shape index (κ3) is 4.55. The molecule has 1 unspecified atom stereocenters. The van der Waals surface area contributed by atoms with Crippen LogP contribution in [0.4, 0.5) is 0 Å². The molecular formula is C21H21BrN2O2S. The van der Waals surface area contributed by atoms with E-state index in [9.17, 15) is 4.79 Å². The van der Waals surface area contributed by atoms with Crippen molar-refractivity contribution < 1.29 is 9.21 Å². The summed E-state index contributed by atoms with van der Waals surface area (Å²) < 4.78 is 7.00. The smallest absolute Gasteiger partial charge is 0.223 e. The lowest BCUT2D eigenvalue weighted by Crippen LogP contribution is -2.39. The van der Waals surface area contributed by atoms with E-state index in [4.69, 9.17) is 4.42 Å². The number of aromatic nitrogens is 1. The molecule has 27 heavy (non-hydrogen) atoms. The first-order valence-corrected chi connectivity index (χ1v) is 11.0. The van der Waals surface area contributed by atoms with Gasteiger partial charge in [-0.1, -0.05) is 28.1 Å². The average Bonchev–Trinajstić information content (AvgIpc) is 3.14. The number of carbonyl (C=O) groups excluding carboxylic acids is 1. The summed E-state index contributed by atoms with van der Waals surface area (Å²) in [5.74, 6) is 1.97. The summed E-state index contributed by atoms with van der Waals surface area (Å²) in [6.07, 6.45) is 2.57. The van der Waals surface area contributed by atoms with Gasteiger partial charge < -0.3 is 9.32 Å². The molecular weight excluding hydrogens is 424 g/mol. The number of rotatable bonds is 5. The zero-order valence-electron chi connectivity index (χ0n) is 14.9. The van der Waals surface area contributed by atoms with E-state index >= 15 is 0 Å². The number of oxazole rings is 1. The van der Waals surface area contributed by atoms with Gasteiger partial charge in [0.1, 0.15) is 5.52 Å². The molecule has 0 aliphatic carbocycles. The van der Waals surface area contributed by atoms with Crippen LogP contribution in [0.25, 0.3) is 11.1 Å². The number of hydrogen-bond acceptors (Lipinski definition) is 4. The molecule has 140 valence electrons. The van der Waals surface area contributed by atoms with E-state index in [0.717, 1.165) is 46.6 Å². The van der Waals surface area contributed by atoms with Gasteiger partial charge in [-0.15, -0.1) is 11.8 Å². The zero-order chi connectivity index (χ0) is 18.6. The lowest BCUT2D eigenvalue weighted by molar-refractivity contribution is -0.132. The number of amides is 1. The van der Waals surface area contributed by atoms with Crippen LogP contribution in [0.3, 0.4) is 0 Å². The van der Waals surface area contributed by atoms with E-state index in [0.29, 0.717) is 13.0 Å². The van der Waals surface area contributed by atoms with Crippen LogP contribution in [0, 0.1) is 0 Å². The largest absolute Gasteiger partial charge is 0.440 e. The Hall–Kier alpha value is -1.79. The van der Waals surface area contributed by atoms with Crippen molar-refractivity contribution in [3.8, 4) is 0 Å². The second-order valence-corrected chi connectivity index (χ2v) is 8.84. The summed E-state index contributed by atoms with van der Waals surface area (Å²) >= 11 is 5.16. The first-order valence-electron chi connectivity index (χ1n) is 9.20. The molecule has 4 nitrogen and oxygen atoms in total. The Labute approximate surface area is 171 Å². The zero-order valence-corrected chi connectivity index (χ0v) is 17.3. The number of benzene rings is 2. The molecule has 2 heterocycles. The number of likely N-dealkylation sites (tertiary alicyclic amines) is 1. The van der Waals surface area contributed by atoms with E-state index in [1.54, 1.807) is 11.8 Å². The second kappa shape index (κ2) is 8.48. The first-order chi connectivity index (χ1) is 13.2. The summed E-state index contributed by atoms with van der Waals surface area (Å²) in [7, 11) is 0. The highest BCUT2D eigenvalue weighted by Crippen LogP contribution is 2.29. The predicted octanol–water partition coefficient (Wildman–Crippen LogP) is 5.48. The van der Waals surface area contributed by atoms with Crippen molar-refractivity contribution in [3.63, 3.8) is 0 Å². The minimum Gasteiger partial charge on any atom is -0.440 e. The minimum absolute atomic E-state index is 0.189. The van der Waals surface area contributed by atoms with Crippen molar-refractivity contribution in [2.75, 3.05) is 18.8 Å².